The number of benzene rings is 2. The minimum Gasteiger partial charge on any atom is -0.481 e. The van der Waals surface area contributed by atoms with Gasteiger partial charge in [-0.05, 0) is 36.2 Å². The summed E-state index contributed by atoms with van der Waals surface area (Å²) in [7, 11) is 0. The van der Waals surface area contributed by atoms with Crippen LogP contribution in [0.5, 0.6) is 0 Å². The van der Waals surface area contributed by atoms with Crippen LogP contribution in [0.3, 0.4) is 0 Å². The van der Waals surface area contributed by atoms with Crippen molar-refractivity contribution < 1.29 is 28.7 Å². The van der Waals surface area contributed by atoms with Crippen molar-refractivity contribution in [1.29, 1.82) is 0 Å². The molecule has 0 bridgehead atoms. The van der Waals surface area contributed by atoms with Gasteiger partial charge in [-0.15, -0.1) is 0 Å². The smallest absolute Gasteiger partial charge is 0.305 e. The van der Waals surface area contributed by atoms with Crippen molar-refractivity contribution in [3.05, 3.63) is 47.5 Å². The van der Waals surface area contributed by atoms with E-state index in [2.05, 4.69) is 5.32 Å². The molecule has 2 aromatic carbocycles. The molecule has 1 aliphatic rings. The number of nitrogens with one attached hydrogen (secondary N) is 1. The van der Waals surface area contributed by atoms with E-state index in [1.807, 2.05) is 18.2 Å². The van der Waals surface area contributed by atoms with Gasteiger partial charge in [0.2, 0.25) is 11.8 Å². The largest absolute Gasteiger partial charge is 0.481 e. The number of hydrogen-bond donors (Lipinski definition) is 2. The molecule has 7 nitrogen and oxygen atoms in total. The topological polar surface area (TPSA) is 104 Å². The third-order valence-corrected chi connectivity index (χ3v) is 6.85. The molecule has 1 aliphatic heterocycles. The zero-order valence-electron chi connectivity index (χ0n) is 18.6. The number of amides is 2. The van der Waals surface area contributed by atoms with Gasteiger partial charge in [-0.1, -0.05) is 49.3 Å². The van der Waals surface area contributed by atoms with E-state index in [1.165, 1.54) is 16.7 Å². The number of fused-ring (bicyclic) bond motifs is 2. The van der Waals surface area contributed by atoms with Crippen molar-refractivity contribution in [2.75, 3.05) is 11.6 Å². The lowest BCUT2D eigenvalue weighted by Gasteiger charge is -2.32. The van der Waals surface area contributed by atoms with Gasteiger partial charge in [0, 0.05) is 27.2 Å². The van der Waals surface area contributed by atoms with E-state index in [0.717, 1.165) is 9.79 Å². The maximum atomic E-state index is 13.6. The molecule has 0 fully saturated rings. The zero-order valence-corrected chi connectivity index (χ0v) is 20.2. The number of anilines is 2. The number of carbonyl (C=O) groups excluding carboxylic acids is 3. The van der Waals surface area contributed by atoms with Gasteiger partial charge in [-0.2, -0.15) is 0 Å². The average Bonchev–Trinajstić information content (AvgIpc) is 2.79. The van der Waals surface area contributed by atoms with E-state index in [-0.39, 0.29) is 18.2 Å². The Labute approximate surface area is 205 Å². The lowest BCUT2D eigenvalue weighted by Crippen LogP contribution is -2.47. The van der Waals surface area contributed by atoms with Crippen LogP contribution in [0.1, 0.15) is 26.7 Å². The SMILES string of the molecule is CC(C)[C@H](CC(=O)N1c2ccccc2Sc2ccc(Cl)cc21)C(=O)NC(CC(=O)O)C(=O)CF. The van der Waals surface area contributed by atoms with Gasteiger partial charge in [0.25, 0.3) is 0 Å². The minimum absolute atomic E-state index is 0.210. The van der Waals surface area contributed by atoms with Crippen LogP contribution in [-0.2, 0) is 19.2 Å². The average molecular weight is 507 g/mol. The lowest BCUT2D eigenvalue weighted by atomic mass is 9.90. The maximum Gasteiger partial charge on any atom is 0.305 e. The Morgan fingerprint density at radius 2 is 1.74 bits per heavy atom. The quantitative estimate of drug-likeness (QED) is 0.514. The Kier molecular flexibility index (Phi) is 8.33. The molecule has 2 amide bonds. The number of ketones is 1. The van der Waals surface area contributed by atoms with Crippen LogP contribution in [0.25, 0.3) is 0 Å². The first kappa shape index (κ1) is 25.7. The van der Waals surface area contributed by atoms with Crippen LogP contribution in [0.15, 0.2) is 52.3 Å². The van der Waals surface area contributed by atoms with Gasteiger partial charge in [0.15, 0.2) is 5.78 Å². The second-order valence-electron chi connectivity index (χ2n) is 8.22. The summed E-state index contributed by atoms with van der Waals surface area (Å²) in [5, 5.41) is 11.8. The second-order valence-corrected chi connectivity index (χ2v) is 9.74. The third kappa shape index (κ3) is 5.77. The van der Waals surface area contributed by atoms with E-state index in [1.54, 1.807) is 38.1 Å². The molecule has 1 unspecified atom stereocenters. The summed E-state index contributed by atoms with van der Waals surface area (Å²) < 4.78 is 12.9. The Hall–Kier alpha value is -2.91. The molecular formula is C24H24ClFN2O5S. The first-order valence-corrected chi connectivity index (χ1v) is 11.8. The Bertz CT molecular complexity index is 1130. The van der Waals surface area contributed by atoms with E-state index < -0.39 is 42.7 Å². The van der Waals surface area contributed by atoms with E-state index in [0.29, 0.717) is 16.4 Å². The van der Waals surface area contributed by atoms with Gasteiger partial charge in [-0.3, -0.25) is 24.1 Å². The normalized spacial score (nSPS) is 14.1. The van der Waals surface area contributed by atoms with Crippen LogP contribution < -0.4 is 10.2 Å². The standard InChI is InChI=1S/C24H24ClFN2O5S/c1-13(2)15(24(33)27-16(11-23(31)32)19(29)12-26)10-22(30)28-17-5-3-4-6-20(17)34-21-8-7-14(25)9-18(21)28/h3-9,13,15-16H,10-12H2,1-2H3,(H,27,33)(H,31,32)/t15-,16?/m0/s1. The molecule has 2 aromatic rings. The van der Waals surface area contributed by atoms with Gasteiger partial charge in [0.05, 0.1) is 17.8 Å². The maximum absolute atomic E-state index is 13.6. The molecule has 180 valence electrons. The van der Waals surface area contributed by atoms with Gasteiger partial charge in [0.1, 0.15) is 12.7 Å². The van der Waals surface area contributed by atoms with Gasteiger partial charge >= 0.3 is 5.97 Å². The van der Waals surface area contributed by atoms with Crippen LogP contribution in [0.4, 0.5) is 15.8 Å². The highest BCUT2D eigenvalue weighted by Gasteiger charge is 2.34. The lowest BCUT2D eigenvalue weighted by molar-refractivity contribution is -0.141. The third-order valence-electron chi connectivity index (χ3n) is 5.49. The number of carboxylic acids is 1. The molecule has 0 aliphatic carbocycles. The predicted octanol–water partition coefficient (Wildman–Crippen LogP) is 4.63. The van der Waals surface area contributed by atoms with Gasteiger partial charge in [-0.25, -0.2) is 4.39 Å². The summed E-state index contributed by atoms with van der Waals surface area (Å²) in [4.78, 5) is 52.7. The molecule has 0 radical (unpaired) electrons. The highest BCUT2D eigenvalue weighted by molar-refractivity contribution is 7.99. The van der Waals surface area contributed by atoms with E-state index >= 15 is 0 Å². The molecule has 0 saturated carbocycles. The molecule has 2 N–H and O–H groups in total. The van der Waals surface area contributed by atoms with Crippen LogP contribution >= 0.6 is 23.4 Å². The van der Waals surface area contributed by atoms with Crippen molar-refractivity contribution in [2.45, 2.75) is 42.5 Å². The van der Waals surface area contributed by atoms with E-state index in [4.69, 9.17) is 16.7 Å². The molecule has 0 spiro atoms. The van der Waals surface area contributed by atoms with Crippen LogP contribution in [0, 0.1) is 11.8 Å². The number of hydrogen-bond acceptors (Lipinski definition) is 5. The fourth-order valence-corrected chi connectivity index (χ4v) is 4.90. The number of nitrogens with zero attached hydrogens (tertiary/aromatic N) is 1. The van der Waals surface area contributed by atoms with Crippen molar-refractivity contribution in [1.82, 2.24) is 5.32 Å². The number of alkyl halides is 1. The zero-order chi connectivity index (χ0) is 25.0. The highest BCUT2D eigenvalue weighted by atomic mass is 35.5. The molecule has 0 saturated heterocycles. The monoisotopic (exact) mass is 506 g/mol. The van der Waals surface area contributed by atoms with Crippen molar-refractivity contribution in [3.63, 3.8) is 0 Å². The molecule has 34 heavy (non-hydrogen) atoms. The number of carbonyl (C=O) groups is 4. The molecular weight excluding hydrogens is 483 g/mol. The summed E-state index contributed by atoms with van der Waals surface area (Å²) in [5.41, 5.74) is 1.26. The number of halogens is 2. The summed E-state index contributed by atoms with van der Waals surface area (Å²) in [6, 6.07) is 11.1. The summed E-state index contributed by atoms with van der Waals surface area (Å²) in [5.74, 6) is -4.61. The molecule has 3 rings (SSSR count). The minimum atomic E-state index is -1.50. The van der Waals surface area contributed by atoms with Gasteiger partial charge < -0.3 is 10.4 Å². The Balaban J connectivity index is 1.89. The Morgan fingerprint density at radius 3 is 2.38 bits per heavy atom. The van der Waals surface area contributed by atoms with Crippen molar-refractivity contribution in [2.24, 2.45) is 11.8 Å². The van der Waals surface area contributed by atoms with Crippen molar-refractivity contribution >= 4 is 58.3 Å². The number of aliphatic carboxylic acids is 1. The first-order valence-electron chi connectivity index (χ1n) is 10.6. The predicted molar refractivity (Wildman–Crippen MR) is 127 cm³/mol. The van der Waals surface area contributed by atoms with Crippen molar-refractivity contribution in [3.8, 4) is 0 Å². The fourth-order valence-electron chi connectivity index (χ4n) is 3.70. The van der Waals surface area contributed by atoms with Crippen LogP contribution in [0.2, 0.25) is 5.02 Å². The summed E-state index contributed by atoms with van der Waals surface area (Å²) in [6.07, 6.45) is -0.950. The number of Topliss-reactive ketones (excluding diaryl/α,β-unsaturated/α-hetero) is 1. The Morgan fingerprint density at radius 1 is 1.06 bits per heavy atom. The first-order chi connectivity index (χ1) is 16.1. The van der Waals surface area contributed by atoms with Crippen LogP contribution in [-0.4, -0.2) is 41.4 Å². The number of rotatable bonds is 9. The van der Waals surface area contributed by atoms with E-state index in [9.17, 15) is 23.6 Å². The summed E-state index contributed by atoms with van der Waals surface area (Å²) >= 11 is 7.70. The fraction of sp³-hybridized carbons (Fsp3) is 0.333. The molecule has 10 heteroatoms. The number of para-hydroxylation sites is 1. The molecule has 0 aromatic heterocycles. The number of carboxylic acid groups (broad SMARTS) is 1. The second kappa shape index (κ2) is 11.0. The summed E-state index contributed by atoms with van der Waals surface area (Å²) in [6.45, 7) is 2.08. The molecule has 1 heterocycles. The highest BCUT2D eigenvalue weighted by Crippen LogP contribution is 2.49. The molecule has 2 atom stereocenters.